The van der Waals surface area contributed by atoms with E-state index in [1.165, 1.54) is 45.9 Å². The van der Waals surface area contributed by atoms with Gasteiger partial charge in [0.25, 0.3) is 0 Å². The van der Waals surface area contributed by atoms with E-state index in [2.05, 4.69) is 6.58 Å². The summed E-state index contributed by atoms with van der Waals surface area (Å²) in [4.78, 5) is 40.7. The van der Waals surface area contributed by atoms with E-state index in [1.807, 2.05) is 6.07 Å². The van der Waals surface area contributed by atoms with Gasteiger partial charge in [-0.1, -0.05) is 54.6 Å². The fourth-order valence-corrected chi connectivity index (χ4v) is 5.94. The molecule has 0 spiro atoms. The predicted octanol–water partition coefficient (Wildman–Crippen LogP) is 5.99. The zero-order chi connectivity index (χ0) is 30.6. The highest BCUT2D eigenvalue weighted by atomic mass is 35.5. The topological polar surface area (TPSA) is 84.5 Å². The number of aromatic nitrogens is 2. The molecule has 0 saturated carbocycles. The number of carbonyl (C=O) groups excluding carboxylic acids is 1. The molecule has 1 N–H and O–H groups in total. The van der Waals surface area contributed by atoms with Crippen molar-refractivity contribution in [2.24, 2.45) is 5.92 Å². The predicted molar refractivity (Wildman–Crippen MR) is 159 cm³/mol. The molecular weight excluding hydrogens is 583 g/mol. The Kier molecular flexibility index (Phi) is 6.89. The Morgan fingerprint density at radius 1 is 0.953 bits per heavy atom. The molecule has 218 valence electrons. The number of aromatic hydroxyl groups is 1. The van der Waals surface area contributed by atoms with Crippen LogP contribution in [0.3, 0.4) is 0 Å². The van der Waals surface area contributed by atoms with Crippen LogP contribution in [0.4, 0.5) is 13.2 Å². The van der Waals surface area contributed by atoms with Gasteiger partial charge in [0, 0.05) is 31.1 Å². The Labute approximate surface area is 247 Å². The first-order chi connectivity index (χ1) is 20.5. The number of likely N-dealkylation sites (tertiary alicyclic amines) is 1. The van der Waals surface area contributed by atoms with Crippen LogP contribution in [0.15, 0.2) is 95.0 Å². The second-order valence-corrected chi connectivity index (χ2v) is 10.8. The lowest BCUT2D eigenvalue weighted by atomic mass is 9.96. The van der Waals surface area contributed by atoms with Crippen molar-refractivity contribution in [3.63, 3.8) is 0 Å². The Morgan fingerprint density at radius 3 is 2.37 bits per heavy atom. The number of para-hydroxylation sites is 1. The van der Waals surface area contributed by atoms with Crippen LogP contribution in [0, 0.1) is 5.92 Å². The van der Waals surface area contributed by atoms with Crippen molar-refractivity contribution in [2.45, 2.75) is 12.7 Å². The normalized spacial score (nSPS) is 13.8. The molecule has 7 nitrogen and oxygen atoms in total. The molecule has 1 fully saturated rings. The van der Waals surface area contributed by atoms with E-state index in [-0.39, 0.29) is 40.2 Å². The first kappa shape index (κ1) is 28.3. The summed E-state index contributed by atoms with van der Waals surface area (Å²) in [6.07, 6.45) is -3.63. The summed E-state index contributed by atoms with van der Waals surface area (Å²) in [6.45, 7) is 4.15. The SMILES string of the molecule is C=CC(=O)N1CC(Cn2c(=O)c(=O)n(-c3ccccc3C(F)(F)F)c3cc(-c4cc(O)cc5ccccc45)c(Cl)cc32)C1. The number of phenolic OH excluding ortho intramolecular Hbond substituents is 1. The second-order valence-electron chi connectivity index (χ2n) is 10.4. The van der Waals surface area contributed by atoms with Crippen LogP contribution >= 0.6 is 11.6 Å². The van der Waals surface area contributed by atoms with E-state index in [0.29, 0.717) is 35.0 Å². The lowest BCUT2D eigenvalue weighted by Crippen LogP contribution is -2.52. The number of amides is 1. The molecule has 6 rings (SSSR count). The minimum absolute atomic E-state index is 0.0199. The third-order valence-electron chi connectivity index (χ3n) is 7.70. The van der Waals surface area contributed by atoms with Crippen LogP contribution in [-0.4, -0.2) is 38.1 Å². The highest BCUT2D eigenvalue weighted by Gasteiger charge is 2.35. The average Bonchev–Trinajstić information content (AvgIpc) is 2.95. The Balaban J connectivity index is 1.65. The largest absolute Gasteiger partial charge is 0.508 e. The van der Waals surface area contributed by atoms with Crippen molar-refractivity contribution < 1.29 is 23.1 Å². The van der Waals surface area contributed by atoms with Crippen LogP contribution in [0.25, 0.3) is 38.6 Å². The number of nitrogens with zero attached hydrogens (tertiary/aromatic N) is 3. The highest BCUT2D eigenvalue weighted by Crippen LogP contribution is 2.40. The van der Waals surface area contributed by atoms with Gasteiger partial charge in [0.05, 0.1) is 27.3 Å². The standard InChI is InChI=1S/C32H23ClF3N3O4/c1-2-29(41)37-15-18(16-37)17-38-27-14-25(33)23(22-12-20(40)11-19-7-3-4-8-21(19)22)13-28(27)39(31(43)30(38)42)26-10-6-5-9-24(26)32(34,35)36/h2-14,18,40H,1,15-17H2. The van der Waals surface area contributed by atoms with E-state index in [0.717, 1.165) is 16.7 Å². The van der Waals surface area contributed by atoms with Crippen molar-refractivity contribution >= 4 is 39.3 Å². The van der Waals surface area contributed by atoms with Crippen molar-refractivity contribution in [3.05, 3.63) is 117 Å². The average molecular weight is 606 g/mol. The number of halogens is 4. The lowest BCUT2D eigenvalue weighted by molar-refractivity contribution is -0.137. The van der Waals surface area contributed by atoms with Gasteiger partial charge in [-0.25, -0.2) is 0 Å². The minimum atomic E-state index is -4.82. The summed E-state index contributed by atoms with van der Waals surface area (Å²) in [6, 6.07) is 17.7. The van der Waals surface area contributed by atoms with Crippen molar-refractivity contribution in [1.82, 2.24) is 14.0 Å². The molecule has 1 aliphatic rings. The molecule has 5 aromatic rings. The third-order valence-corrected chi connectivity index (χ3v) is 8.01. The number of fused-ring (bicyclic) bond motifs is 2. The van der Waals surface area contributed by atoms with Crippen molar-refractivity contribution in [1.29, 1.82) is 0 Å². The van der Waals surface area contributed by atoms with Gasteiger partial charge >= 0.3 is 17.3 Å². The van der Waals surface area contributed by atoms with Gasteiger partial charge < -0.3 is 14.6 Å². The molecule has 1 amide bonds. The van der Waals surface area contributed by atoms with Gasteiger partial charge in [-0.3, -0.25) is 19.0 Å². The minimum Gasteiger partial charge on any atom is -0.508 e. The second kappa shape index (κ2) is 10.5. The molecular formula is C32H23ClF3N3O4. The molecule has 1 saturated heterocycles. The number of hydrogen-bond donors (Lipinski definition) is 1. The molecule has 4 aromatic carbocycles. The van der Waals surface area contributed by atoms with Gasteiger partial charge in [-0.15, -0.1) is 0 Å². The summed E-state index contributed by atoms with van der Waals surface area (Å²) < 4.78 is 44.4. The molecule has 1 aromatic heterocycles. The first-order valence-corrected chi connectivity index (χ1v) is 13.6. The van der Waals surface area contributed by atoms with Gasteiger partial charge in [0.2, 0.25) is 5.91 Å². The molecule has 2 heterocycles. The van der Waals surface area contributed by atoms with Crippen LogP contribution in [0.2, 0.25) is 5.02 Å². The summed E-state index contributed by atoms with van der Waals surface area (Å²) in [5.74, 6) is -0.507. The van der Waals surface area contributed by atoms with E-state index in [4.69, 9.17) is 11.6 Å². The van der Waals surface area contributed by atoms with Gasteiger partial charge in [-0.2, -0.15) is 13.2 Å². The number of phenols is 1. The molecule has 0 unspecified atom stereocenters. The summed E-state index contributed by atoms with van der Waals surface area (Å²) in [5.41, 5.74) is -2.79. The Morgan fingerprint density at radius 2 is 1.65 bits per heavy atom. The van der Waals surface area contributed by atoms with E-state index in [9.17, 15) is 32.7 Å². The zero-order valence-electron chi connectivity index (χ0n) is 22.4. The van der Waals surface area contributed by atoms with E-state index >= 15 is 0 Å². The molecule has 0 radical (unpaired) electrons. The fraction of sp³-hybridized carbons (Fsp3) is 0.156. The Hall–Kier alpha value is -4.83. The summed E-state index contributed by atoms with van der Waals surface area (Å²) in [5, 5.41) is 12.0. The molecule has 11 heteroatoms. The first-order valence-electron chi connectivity index (χ1n) is 13.3. The molecule has 1 aliphatic heterocycles. The number of alkyl halides is 3. The number of carbonyl (C=O) groups is 1. The van der Waals surface area contributed by atoms with Gasteiger partial charge in [-0.05, 0) is 58.8 Å². The maximum absolute atomic E-state index is 14.1. The van der Waals surface area contributed by atoms with Crippen LogP contribution in [0.5, 0.6) is 5.75 Å². The number of benzene rings is 4. The van der Waals surface area contributed by atoms with Crippen LogP contribution in [0.1, 0.15) is 5.56 Å². The van der Waals surface area contributed by atoms with E-state index < -0.39 is 28.5 Å². The highest BCUT2D eigenvalue weighted by molar-refractivity contribution is 6.34. The smallest absolute Gasteiger partial charge is 0.418 e. The zero-order valence-corrected chi connectivity index (χ0v) is 23.2. The van der Waals surface area contributed by atoms with Crippen LogP contribution in [-0.2, 0) is 17.5 Å². The fourth-order valence-electron chi connectivity index (χ4n) is 5.68. The monoisotopic (exact) mass is 605 g/mol. The third kappa shape index (κ3) is 4.87. The van der Waals surface area contributed by atoms with Crippen molar-refractivity contribution in [3.8, 4) is 22.6 Å². The van der Waals surface area contributed by atoms with Crippen LogP contribution < -0.4 is 11.1 Å². The lowest BCUT2D eigenvalue weighted by Gasteiger charge is -2.39. The quantitative estimate of drug-likeness (QED) is 0.197. The number of hydrogen-bond acceptors (Lipinski definition) is 4. The maximum Gasteiger partial charge on any atom is 0.418 e. The van der Waals surface area contributed by atoms with Gasteiger partial charge in [0.1, 0.15) is 5.75 Å². The van der Waals surface area contributed by atoms with Crippen molar-refractivity contribution in [2.75, 3.05) is 13.1 Å². The molecule has 0 atom stereocenters. The van der Waals surface area contributed by atoms with Gasteiger partial charge in [0.15, 0.2) is 0 Å². The molecule has 0 bridgehead atoms. The summed E-state index contributed by atoms with van der Waals surface area (Å²) in [7, 11) is 0. The molecule has 0 aliphatic carbocycles. The maximum atomic E-state index is 14.1. The Bertz CT molecular complexity index is 2080. The summed E-state index contributed by atoms with van der Waals surface area (Å²) >= 11 is 6.80. The van der Waals surface area contributed by atoms with E-state index in [1.54, 1.807) is 24.3 Å². The molecule has 43 heavy (non-hydrogen) atoms. The number of rotatable bonds is 5.